The Morgan fingerprint density at radius 2 is 2.28 bits per heavy atom. The van der Waals surface area contributed by atoms with E-state index in [0.29, 0.717) is 12.1 Å². The minimum atomic E-state index is 0.447. The van der Waals surface area contributed by atoms with Crippen LogP contribution in [0.15, 0.2) is 16.8 Å². The highest BCUT2D eigenvalue weighted by Crippen LogP contribution is 2.26. The van der Waals surface area contributed by atoms with Gasteiger partial charge in [0.2, 0.25) is 0 Å². The fraction of sp³-hybridized carbons (Fsp3) is 0.714. The largest absolute Gasteiger partial charge is 0.378 e. The van der Waals surface area contributed by atoms with E-state index in [1.54, 1.807) is 11.3 Å². The number of hydrogen-bond donors (Lipinski definition) is 1. The van der Waals surface area contributed by atoms with E-state index in [1.807, 2.05) is 0 Å². The molecule has 1 aliphatic heterocycles. The Bertz CT molecular complexity index is 321. The molecular formula is C14H24N2OS. The number of piperidine rings is 1. The van der Waals surface area contributed by atoms with E-state index in [4.69, 9.17) is 10.5 Å². The van der Waals surface area contributed by atoms with Crippen LogP contribution in [0, 0.1) is 0 Å². The Labute approximate surface area is 114 Å². The zero-order valence-electron chi connectivity index (χ0n) is 11.2. The summed E-state index contributed by atoms with van der Waals surface area (Å²) in [6.07, 6.45) is 3.73. The number of rotatable bonds is 6. The molecule has 102 valence electrons. The monoisotopic (exact) mass is 268 g/mol. The van der Waals surface area contributed by atoms with Crippen LogP contribution in [-0.4, -0.2) is 37.2 Å². The lowest BCUT2D eigenvalue weighted by Gasteiger charge is -2.35. The molecule has 0 aliphatic carbocycles. The van der Waals surface area contributed by atoms with Crippen molar-refractivity contribution in [2.75, 3.05) is 26.2 Å². The number of hydrogen-bond acceptors (Lipinski definition) is 4. The molecule has 2 rings (SSSR count). The fourth-order valence-electron chi connectivity index (χ4n) is 2.49. The highest BCUT2D eigenvalue weighted by atomic mass is 32.1. The van der Waals surface area contributed by atoms with Crippen LogP contribution in [0.1, 0.15) is 37.8 Å². The zero-order valence-corrected chi connectivity index (χ0v) is 12.0. The first-order valence-corrected chi connectivity index (χ1v) is 7.83. The minimum absolute atomic E-state index is 0.447. The third-order valence-electron chi connectivity index (χ3n) is 3.75. The van der Waals surface area contributed by atoms with Crippen LogP contribution >= 0.6 is 11.3 Å². The molecule has 0 saturated carbocycles. The topological polar surface area (TPSA) is 38.5 Å². The van der Waals surface area contributed by atoms with Gasteiger partial charge in [0.05, 0.1) is 6.10 Å². The zero-order chi connectivity index (χ0) is 12.8. The Morgan fingerprint density at radius 1 is 1.50 bits per heavy atom. The van der Waals surface area contributed by atoms with Crippen LogP contribution in [0.25, 0.3) is 0 Å². The minimum Gasteiger partial charge on any atom is -0.378 e. The molecule has 18 heavy (non-hydrogen) atoms. The van der Waals surface area contributed by atoms with Crippen LogP contribution in [0.5, 0.6) is 0 Å². The molecule has 0 radical (unpaired) electrons. The first-order valence-electron chi connectivity index (χ1n) is 6.89. The molecule has 1 fully saturated rings. The van der Waals surface area contributed by atoms with Crippen molar-refractivity contribution in [3.63, 3.8) is 0 Å². The molecule has 1 atom stereocenters. The quantitative estimate of drug-likeness (QED) is 0.806. The number of ether oxygens (including phenoxy) is 1. The standard InChI is InChI=1S/C14H24N2OS/c1-12(13-5-10-18-11-13)16-7-3-14(4-8-16)17-9-2-6-15/h5,10-12,14H,2-4,6-9,15H2,1H3. The average Bonchev–Trinajstić information content (AvgIpc) is 2.93. The highest BCUT2D eigenvalue weighted by Gasteiger charge is 2.23. The summed E-state index contributed by atoms with van der Waals surface area (Å²) in [5, 5.41) is 4.42. The first-order chi connectivity index (χ1) is 8.81. The third kappa shape index (κ3) is 3.79. The Hall–Kier alpha value is -0.420. The summed E-state index contributed by atoms with van der Waals surface area (Å²) < 4.78 is 5.84. The summed E-state index contributed by atoms with van der Waals surface area (Å²) in [6, 6.07) is 2.78. The van der Waals surface area contributed by atoms with Crippen molar-refractivity contribution in [2.24, 2.45) is 5.73 Å². The number of likely N-dealkylation sites (tertiary alicyclic amines) is 1. The van der Waals surface area contributed by atoms with Gasteiger partial charge in [-0.15, -0.1) is 0 Å². The molecule has 2 N–H and O–H groups in total. The van der Waals surface area contributed by atoms with E-state index in [2.05, 4.69) is 28.7 Å². The summed E-state index contributed by atoms with van der Waals surface area (Å²) in [4.78, 5) is 2.56. The lowest BCUT2D eigenvalue weighted by molar-refractivity contribution is -0.000711. The molecular weight excluding hydrogens is 244 g/mol. The number of thiophene rings is 1. The van der Waals surface area contributed by atoms with Crippen molar-refractivity contribution >= 4 is 11.3 Å². The Kier molecular flexibility index (Phi) is 5.63. The maximum absolute atomic E-state index is 5.84. The molecule has 1 aliphatic rings. The van der Waals surface area contributed by atoms with Crippen molar-refractivity contribution in [1.29, 1.82) is 0 Å². The van der Waals surface area contributed by atoms with Gasteiger partial charge in [-0.05, 0) is 55.1 Å². The normalized spacial score (nSPS) is 20.1. The SMILES string of the molecule is CC(c1ccsc1)N1CCC(OCCCN)CC1. The van der Waals surface area contributed by atoms with E-state index in [1.165, 1.54) is 5.56 Å². The molecule has 1 unspecified atom stereocenters. The summed E-state index contributed by atoms with van der Waals surface area (Å²) in [5.74, 6) is 0. The van der Waals surface area contributed by atoms with Gasteiger partial charge in [0.25, 0.3) is 0 Å². The second-order valence-corrected chi connectivity index (χ2v) is 5.76. The molecule has 3 nitrogen and oxygen atoms in total. The lowest BCUT2D eigenvalue weighted by atomic mass is 10.0. The molecule has 1 saturated heterocycles. The van der Waals surface area contributed by atoms with Crippen molar-refractivity contribution in [3.05, 3.63) is 22.4 Å². The van der Waals surface area contributed by atoms with Gasteiger partial charge in [-0.1, -0.05) is 0 Å². The van der Waals surface area contributed by atoms with E-state index >= 15 is 0 Å². The van der Waals surface area contributed by atoms with Crippen molar-refractivity contribution in [2.45, 2.75) is 38.3 Å². The Morgan fingerprint density at radius 3 is 2.89 bits per heavy atom. The van der Waals surface area contributed by atoms with Crippen LogP contribution < -0.4 is 5.73 Å². The summed E-state index contributed by atoms with van der Waals surface area (Å²) in [7, 11) is 0. The van der Waals surface area contributed by atoms with Gasteiger partial charge in [0.1, 0.15) is 0 Å². The summed E-state index contributed by atoms with van der Waals surface area (Å²) in [6.45, 7) is 6.14. The van der Waals surface area contributed by atoms with Crippen LogP contribution in [-0.2, 0) is 4.74 Å². The first kappa shape index (κ1) is 14.0. The van der Waals surface area contributed by atoms with E-state index < -0.39 is 0 Å². The maximum Gasteiger partial charge on any atom is 0.0599 e. The van der Waals surface area contributed by atoms with E-state index in [0.717, 1.165) is 45.5 Å². The third-order valence-corrected chi connectivity index (χ3v) is 4.45. The predicted molar refractivity (Wildman–Crippen MR) is 77.0 cm³/mol. The van der Waals surface area contributed by atoms with Crippen LogP contribution in [0.4, 0.5) is 0 Å². The Balaban J connectivity index is 1.73. The van der Waals surface area contributed by atoms with Gasteiger partial charge >= 0.3 is 0 Å². The molecule has 0 bridgehead atoms. The predicted octanol–water partition coefficient (Wildman–Crippen LogP) is 2.64. The van der Waals surface area contributed by atoms with E-state index in [-0.39, 0.29) is 0 Å². The van der Waals surface area contributed by atoms with Gasteiger partial charge in [-0.2, -0.15) is 11.3 Å². The highest BCUT2D eigenvalue weighted by molar-refractivity contribution is 7.07. The summed E-state index contributed by atoms with van der Waals surface area (Å²) in [5.41, 5.74) is 6.92. The second-order valence-electron chi connectivity index (χ2n) is 4.98. The molecule has 0 aromatic carbocycles. The molecule has 0 amide bonds. The molecule has 1 aromatic heterocycles. The van der Waals surface area contributed by atoms with Gasteiger partial charge in [0.15, 0.2) is 0 Å². The van der Waals surface area contributed by atoms with Crippen LogP contribution in [0.3, 0.4) is 0 Å². The number of nitrogens with two attached hydrogens (primary N) is 1. The van der Waals surface area contributed by atoms with Gasteiger partial charge < -0.3 is 10.5 Å². The molecule has 2 heterocycles. The summed E-state index contributed by atoms with van der Waals surface area (Å²) >= 11 is 1.78. The molecule has 0 spiro atoms. The molecule has 1 aromatic rings. The van der Waals surface area contributed by atoms with Gasteiger partial charge in [-0.25, -0.2) is 0 Å². The van der Waals surface area contributed by atoms with Gasteiger partial charge in [0, 0.05) is 25.7 Å². The van der Waals surface area contributed by atoms with Crippen molar-refractivity contribution in [1.82, 2.24) is 4.90 Å². The average molecular weight is 268 g/mol. The fourth-order valence-corrected chi connectivity index (χ4v) is 3.23. The second kappa shape index (κ2) is 7.24. The maximum atomic E-state index is 5.84. The molecule has 4 heteroatoms. The smallest absolute Gasteiger partial charge is 0.0599 e. The van der Waals surface area contributed by atoms with Crippen molar-refractivity contribution < 1.29 is 4.74 Å². The van der Waals surface area contributed by atoms with Crippen LogP contribution in [0.2, 0.25) is 0 Å². The van der Waals surface area contributed by atoms with Crippen molar-refractivity contribution in [3.8, 4) is 0 Å². The van der Waals surface area contributed by atoms with Gasteiger partial charge in [-0.3, -0.25) is 4.90 Å². The lowest BCUT2D eigenvalue weighted by Crippen LogP contribution is -2.38. The van der Waals surface area contributed by atoms with E-state index in [9.17, 15) is 0 Å². The number of nitrogens with zero attached hydrogens (tertiary/aromatic N) is 1.